The number of carboxylic acid groups (broad SMARTS) is 1. The Morgan fingerprint density at radius 1 is 1.13 bits per heavy atom. The van der Waals surface area contributed by atoms with Crippen LogP contribution in [0, 0.1) is 0 Å². The second kappa shape index (κ2) is 11.5. The fourth-order valence-corrected chi connectivity index (χ4v) is 6.59. The molecule has 0 fully saturated rings. The average Bonchev–Trinajstić information content (AvgIpc) is 3.00. The molecule has 1 heterocycles. The number of aromatic carboxylic acids is 1. The molecular weight excluding hydrogens is 533 g/mol. The number of unbranched alkanes of at least 4 members (excludes halogenated alkanes) is 1. The summed E-state index contributed by atoms with van der Waals surface area (Å²) in [6, 6.07) is 16.1. The van der Waals surface area contributed by atoms with E-state index in [1.165, 1.54) is 17.8 Å². The molecule has 4 rings (SSSR count). The fraction of sp³-hybridized carbons (Fsp3) is 0.321. The van der Waals surface area contributed by atoms with Gasteiger partial charge in [-0.1, -0.05) is 38.0 Å². The minimum absolute atomic E-state index is 0.0169. The van der Waals surface area contributed by atoms with E-state index in [4.69, 9.17) is 0 Å². The van der Waals surface area contributed by atoms with Crippen LogP contribution < -0.4 is 4.90 Å². The number of thioether (sulfide) groups is 1. The normalized spacial score (nSPS) is 18.2. The first-order valence-electron chi connectivity index (χ1n) is 12.2. The second-order valence-electron chi connectivity index (χ2n) is 9.16. The van der Waals surface area contributed by atoms with Gasteiger partial charge in [0.2, 0.25) is 0 Å². The monoisotopic (exact) mass is 562 g/mol. The number of benzene rings is 3. The van der Waals surface area contributed by atoms with Crippen LogP contribution in [0.1, 0.15) is 42.1 Å². The topological polar surface area (TPSA) is 60.9 Å². The minimum Gasteiger partial charge on any atom is -0.478 e. The minimum atomic E-state index is -4.72. The summed E-state index contributed by atoms with van der Waals surface area (Å²) in [4.78, 5) is 14.9. The van der Waals surface area contributed by atoms with Crippen molar-refractivity contribution in [2.24, 2.45) is 0 Å². The Morgan fingerprint density at radius 2 is 1.84 bits per heavy atom. The zero-order valence-electron chi connectivity index (χ0n) is 21.3. The van der Waals surface area contributed by atoms with Crippen LogP contribution in [0.5, 0.6) is 0 Å². The van der Waals surface area contributed by atoms with Crippen molar-refractivity contribution >= 4 is 40.1 Å². The number of nitrogens with zero attached hydrogens (tertiary/aromatic N) is 2. The molecule has 2 unspecified atom stereocenters. The Hall–Kier alpha value is -2.82. The van der Waals surface area contributed by atoms with Crippen molar-refractivity contribution in [3.05, 3.63) is 71.8 Å². The van der Waals surface area contributed by atoms with Crippen molar-refractivity contribution < 1.29 is 27.3 Å². The third-order valence-electron chi connectivity index (χ3n) is 6.71. The van der Waals surface area contributed by atoms with Crippen molar-refractivity contribution in [2.45, 2.75) is 48.2 Å². The fourth-order valence-electron chi connectivity index (χ4n) is 4.64. The quantitative estimate of drug-likeness (QED) is 0.303. The van der Waals surface area contributed by atoms with Crippen molar-refractivity contribution in [3.63, 3.8) is 0 Å². The van der Waals surface area contributed by atoms with E-state index in [-0.39, 0.29) is 11.6 Å². The molecule has 0 amide bonds. The highest BCUT2D eigenvalue weighted by Crippen LogP contribution is 2.44. The molecule has 0 saturated heterocycles. The summed E-state index contributed by atoms with van der Waals surface area (Å²) in [6.07, 6.45) is -0.0984. The first kappa shape index (κ1) is 28.2. The van der Waals surface area contributed by atoms with E-state index in [0.29, 0.717) is 28.0 Å². The van der Waals surface area contributed by atoms with Gasteiger partial charge >= 0.3 is 12.1 Å². The molecule has 0 aliphatic carbocycles. The number of likely N-dealkylation sites (N-methyl/N-ethyl adjacent to an activating group) is 1. The number of hydrogen-bond donors (Lipinski definition) is 1. The summed E-state index contributed by atoms with van der Waals surface area (Å²) in [5, 5.41) is 9.51. The van der Waals surface area contributed by atoms with E-state index in [1.54, 1.807) is 6.07 Å². The van der Waals surface area contributed by atoms with Crippen molar-refractivity contribution in [3.8, 4) is 11.1 Å². The summed E-state index contributed by atoms with van der Waals surface area (Å²) >= 11 is 1.34. The maximum atomic E-state index is 13.9. The predicted molar refractivity (Wildman–Crippen MR) is 147 cm³/mol. The van der Waals surface area contributed by atoms with Gasteiger partial charge in [-0.3, -0.25) is 0 Å². The van der Waals surface area contributed by atoms with Gasteiger partial charge in [-0.15, -0.1) is 11.8 Å². The first-order chi connectivity index (χ1) is 18.0. The van der Waals surface area contributed by atoms with E-state index in [1.807, 2.05) is 54.0 Å². The van der Waals surface area contributed by atoms with Crippen LogP contribution in [0.2, 0.25) is 0 Å². The lowest BCUT2D eigenvalue weighted by Crippen LogP contribution is -2.38. The number of carbonyl (C=O) groups is 1. The molecule has 2 atom stereocenters. The van der Waals surface area contributed by atoms with Crippen LogP contribution in [-0.2, 0) is 17.2 Å². The van der Waals surface area contributed by atoms with Crippen LogP contribution >= 0.6 is 11.8 Å². The number of rotatable bonds is 7. The lowest BCUT2D eigenvalue weighted by atomic mass is 9.98. The Balaban J connectivity index is 1.96. The Morgan fingerprint density at radius 3 is 2.45 bits per heavy atom. The third kappa shape index (κ3) is 5.77. The standard InChI is InChI=1S/C28H29F3N2O3S2/c1-4-5-9-22-17-33(21-10-7-6-8-11-21)24-16-25(37-3)23(15-26(24)38(36)32(22)2)18-12-19(27(34)35)14-20(13-18)28(29,30)31/h6-8,10-16,22H,4-5,9,17H2,1-3H3,(H,34,35). The molecule has 202 valence electrons. The van der Waals surface area contributed by atoms with Crippen molar-refractivity contribution in [1.29, 1.82) is 0 Å². The molecule has 3 aromatic rings. The van der Waals surface area contributed by atoms with Gasteiger partial charge in [0.15, 0.2) is 0 Å². The van der Waals surface area contributed by atoms with Crippen molar-refractivity contribution in [1.82, 2.24) is 4.31 Å². The number of alkyl halides is 3. The molecule has 0 aromatic heterocycles. The summed E-state index contributed by atoms with van der Waals surface area (Å²) < 4.78 is 56.7. The van der Waals surface area contributed by atoms with Crippen LogP contribution in [0.15, 0.2) is 70.5 Å². The number of para-hydroxylation sites is 1. The van der Waals surface area contributed by atoms with Gasteiger partial charge in [-0.05, 0) is 66.3 Å². The van der Waals surface area contributed by atoms with Crippen LogP contribution in [0.25, 0.3) is 11.1 Å². The molecule has 1 aliphatic rings. The second-order valence-corrected chi connectivity index (χ2v) is 11.5. The largest absolute Gasteiger partial charge is 0.478 e. The number of anilines is 2. The van der Waals surface area contributed by atoms with Gasteiger partial charge in [0, 0.05) is 30.2 Å². The zero-order chi connectivity index (χ0) is 27.6. The van der Waals surface area contributed by atoms with Crippen molar-refractivity contribution in [2.75, 3.05) is 24.7 Å². The van der Waals surface area contributed by atoms with E-state index < -0.39 is 34.3 Å². The highest BCUT2D eigenvalue weighted by Gasteiger charge is 2.34. The predicted octanol–water partition coefficient (Wildman–Crippen LogP) is 7.46. The molecular formula is C28H29F3N2O3S2. The lowest BCUT2D eigenvalue weighted by molar-refractivity contribution is -0.137. The molecule has 1 N–H and O–H groups in total. The molecule has 0 radical (unpaired) electrons. The van der Waals surface area contributed by atoms with Gasteiger partial charge in [-0.25, -0.2) is 13.3 Å². The van der Waals surface area contributed by atoms with Crippen LogP contribution in [0.3, 0.4) is 0 Å². The van der Waals surface area contributed by atoms with Crippen LogP contribution in [-0.4, -0.2) is 45.5 Å². The van der Waals surface area contributed by atoms with Gasteiger partial charge in [0.25, 0.3) is 0 Å². The summed E-state index contributed by atoms with van der Waals surface area (Å²) in [7, 11) is 0.217. The maximum absolute atomic E-state index is 13.9. The third-order valence-corrected chi connectivity index (χ3v) is 9.01. The number of carboxylic acids is 1. The Kier molecular flexibility index (Phi) is 8.54. The van der Waals surface area contributed by atoms with E-state index >= 15 is 0 Å². The molecule has 3 aromatic carbocycles. The maximum Gasteiger partial charge on any atom is 0.416 e. The van der Waals surface area contributed by atoms with Gasteiger partial charge in [0.1, 0.15) is 11.0 Å². The smallest absolute Gasteiger partial charge is 0.416 e. The SMILES string of the molecule is CCCCC1CN(c2ccccc2)c2cc(SC)c(-c3cc(C(=O)O)cc(C(F)(F)F)c3)cc2S(=O)N1C. The molecule has 5 nitrogen and oxygen atoms in total. The van der Waals surface area contributed by atoms with Crippen LogP contribution in [0.4, 0.5) is 24.5 Å². The Bertz CT molecular complexity index is 1350. The average molecular weight is 563 g/mol. The van der Waals surface area contributed by atoms with Gasteiger partial charge in [0.05, 0.1) is 21.7 Å². The summed E-state index contributed by atoms with van der Waals surface area (Å²) in [5.41, 5.74) is 0.668. The molecule has 10 heteroatoms. The van der Waals surface area contributed by atoms with E-state index in [9.17, 15) is 27.3 Å². The summed E-state index contributed by atoms with van der Waals surface area (Å²) in [5.74, 6) is -1.45. The molecule has 0 spiro atoms. The zero-order valence-corrected chi connectivity index (χ0v) is 22.9. The number of hydrogen-bond acceptors (Lipinski definition) is 4. The van der Waals surface area contributed by atoms with E-state index in [2.05, 4.69) is 11.8 Å². The molecule has 0 saturated carbocycles. The Labute approximate surface area is 227 Å². The number of fused-ring (bicyclic) bond motifs is 1. The lowest BCUT2D eigenvalue weighted by Gasteiger charge is -2.30. The summed E-state index contributed by atoms with van der Waals surface area (Å²) in [6.45, 7) is 2.70. The molecule has 1 aliphatic heterocycles. The molecule has 0 bridgehead atoms. The van der Waals surface area contributed by atoms with Gasteiger partial charge < -0.3 is 10.0 Å². The highest BCUT2D eigenvalue weighted by atomic mass is 32.2. The van der Waals surface area contributed by atoms with Gasteiger partial charge in [-0.2, -0.15) is 13.2 Å². The van der Waals surface area contributed by atoms with E-state index in [0.717, 1.165) is 36.7 Å². The first-order valence-corrected chi connectivity index (χ1v) is 14.5. The number of halogens is 3. The molecule has 38 heavy (non-hydrogen) atoms. The highest BCUT2D eigenvalue weighted by molar-refractivity contribution is 7.98.